The van der Waals surface area contributed by atoms with Crippen molar-refractivity contribution in [1.82, 2.24) is 19.7 Å². The van der Waals surface area contributed by atoms with Crippen LogP contribution in [0.3, 0.4) is 0 Å². The maximum Gasteiger partial charge on any atom is 0.291 e. The second-order valence-electron chi connectivity index (χ2n) is 8.89. The summed E-state index contributed by atoms with van der Waals surface area (Å²) in [6.07, 6.45) is 6.21. The van der Waals surface area contributed by atoms with Gasteiger partial charge in [0.25, 0.3) is 5.56 Å². The number of carbonyl (C=O) groups excluding carboxylic acids is 1. The molecule has 4 aromatic rings. The van der Waals surface area contributed by atoms with Gasteiger partial charge in [-0.2, -0.15) is 5.10 Å². The molecular weight excluding hydrogens is 400 g/mol. The van der Waals surface area contributed by atoms with E-state index in [0.29, 0.717) is 18.0 Å². The van der Waals surface area contributed by atoms with Crippen molar-refractivity contribution in [3.05, 3.63) is 76.7 Å². The van der Waals surface area contributed by atoms with Gasteiger partial charge in [0.15, 0.2) is 0 Å². The van der Waals surface area contributed by atoms with Crippen molar-refractivity contribution in [2.45, 2.75) is 51.7 Å². The van der Waals surface area contributed by atoms with E-state index >= 15 is 0 Å². The van der Waals surface area contributed by atoms with E-state index in [1.165, 1.54) is 11.1 Å². The highest BCUT2D eigenvalue weighted by Crippen LogP contribution is 2.27. The van der Waals surface area contributed by atoms with E-state index in [1.54, 1.807) is 6.20 Å². The smallest absolute Gasteiger partial charge is 0.291 e. The Morgan fingerprint density at radius 3 is 2.59 bits per heavy atom. The summed E-state index contributed by atoms with van der Waals surface area (Å²) in [5.41, 5.74) is 2.45. The van der Waals surface area contributed by atoms with Crippen molar-refractivity contribution in [3.8, 4) is 0 Å². The summed E-state index contributed by atoms with van der Waals surface area (Å²) in [5, 5.41) is 9.30. The van der Waals surface area contributed by atoms with Crippen LogP contribution in [0.5, 0.6) is 0 Å². The van der Waals surface area contributed by atoms with Crippen LogP contribution in [0, 0.1) is 5.92 Å². The predicted octanol–water partition coefficient (Wildman–Crippen LogP) is 4.09. The second kappa shape index (κ2) is 8.61. The number of nitrogens with one attached hydrogen (secondary N) is 1. The SMILES string of the molecule is C[C@H]1CCCC[C@@H]1NC(=O)Cn1ncc2c3ccccc3n(Cc3ccccc3)c2c1=O. The fraction of sp³-hybridized carbons (Fsp3) is 0.346. The molecule has 1 saturated carbocycles. The van der Waals surface area contributed by atoms with Gasteiger partial charge in [0, 0.05) is 28.9 Å². The van der Waals surface area contributed by atoms with Crippen molar-refractivity contribution in [1.29, 1.82) is 0 Å². The molecule has 2 heterocycles. The topological polar surface area (TPSA) is 68.9 Å². The Hall–Kier alpha value is -3.41. The third-order valence-corrected chi connectivity index (χ3v) is 6.71. The first-order chi connectivity index (χ1) is 15.6. The molecule has 1 amide bonds. The number of nitrogens with zero attached hydrogens (tertiary/aromatic N) is 3. The van der Waals surface area contributed by atoms with Gasteiger partial charge in [0.05, 0.1) is 6.20 Å². The van der Waals surface area contributed by atoms with Crippen LogP contribution in [0.4, 0.5) is 0 Å². The molecule has 6 nitrogen and oxygen atoms in total. The van der Waals surface area contributed by atoms with Crippen LogP contribution in [0.2, 0.25) is 0 Å². The second-order valence-corrected chi connectivity index (χ2v) is 8.89. The van der Waals surface area contributed by atoms with Gasteiger partial charge >= 0.3 is 0 Å². The molecule has 2 aromatic heterocycles. The first kappa shape index (κ1) is 20.5. The fourth-order valence-electron chi connectivity index (χ4n) is 4.96. The normalized spacial score (nSPS) is 18.8. The number of hydrogen-bond acceptors (Lipinski definition) is 3. The summed E-state index contributed by atoms with van der Waals surface area (Å²) in [6.45, 7) is 2.70. The van der Waals surface area contributed by atoms with Crippen LogP contribution < -0.4 is 10.9 Å². The monoisotopic (exact) mass is 428 g/mol. The van der Waals surface area contributed by atoms with Gasteiger partial charge in [-0.3, -0.25) is 9.59 Å². The lowest BCUT2D eigenvalue weighted by molar-refractivity contribution is -0.123. The Bertz CT molecular complexity index is 1320. The maximum absolute atomic E-state index is 13.5. The van der Waals surface area contributed by atoms with Crippen LogP contribution in [0.1, 0.15) is 38.2 Å². The van der Waals surface area contributed by atoms with E-state index in [4.69, 9.17) is 0 Å². The number of para-hydroxylation sites is 1. The molecule has 32 heavy (non-hydrogen) atoms. The molecule has 0 spiro atoms. The lowest BCUT2D eigenvalue weighted by atomic mass is 9.86. The van der Waals surface area contributed by atoms with Crippen molar-refractivity contribution in [2.24, 2.45) is 5.92 Å². The Morgan fingerprint density at radius 1 is 1.03 bits per heavy atom. The molecule has 1 aliphatic carbocycles. The van der Waals surface area contributed by atoms with Gasteiger partial charge in [-0.25, -0.2) is 4.68 Å². The molecule has 1 aliphatic rings. The third kappa shape index (κ3) is 3.81. The molecular formula is C26H28N4O2. The lowest BCUT2D eigenvalue weighted by Gasteiger charge is -2.29. The summed E-state index contributed by atoms with van der Waals surface area (Å²) in [6, 6.07) is 18.3. The molecule has 0 radical (unpaired) electrons. The molecule has 164 valence electrons. The summed E-state index contributed by atoms with van der Waals surface area (Å²) in [7, 11) is 0. The molecule has 6 heteroatoms. The van der Waals surface area contributed by atoms with Crippen LogP contribution in [0.25, 0.3) is 21.8 Å². The number of benzene rings is 2. The molecule has 2 atom stereocenters. The standard InChI is InChI=1S/C26H28N4O2/c1-18-9-5-7-13-22(18)28-24(31)17-30-26(32)25-21(15-27-30)20-12-6-8-14-23(20)29(25)16-19-10-3-2-4-11-19/h2-4,6,8,10-12,14-15,18,22H,5,7,9,13,16-17H2,1H3,(H,28,31)/t18-,22-/m0/s1. The van der Waals surface area contributed by atoms with Gasteiger partial charge in [-0.1, -0.05) is 68.3 Å². The summed E-state index contributed by atoms with van der Waals surface area (Å²) >= 11 is 0. The lowest BCUT2D eigenvalue weighted by Crippen LogP contribution is -2.43. The summed E-state index contributed by atoms with van der Waals surface area (Å²) < 4.78 is 3.34. The van der Waals surface area contributed by atoms with Crippen molar-refractivity contribution in [3.63, 3.8) is 0 Å². The van der Waals surface area contributed by atoms with Crippen LogP contribution in [-0.4, -0.2) is 26.3 Å². The van der Waals surface area contributed by atoms with Gasteiger partial charge in [-0.15, -0.1) is 0 Å². The van der Waals surface area contributed by atoms with Crippen LogP contribution in [0.15, 0.2) is 65.6 Å². The Labute approximate surface area is 186 Å². The van der Waals surface area contributed by atoms with E-state index in [-0.39, 0.29) is 24.1 Å². The molecule has 0 bridgehead atoms. The molecule has 0 saturated heterocycles. The Morgan fingerprint density at radius 2 is 1.78 bits per heavy atom. The van der Waals surface area contributed by atoms with E-state index in [0.717, 1.165) is 41.1 Å². The van der Waals surface area contributed by atoms with E-state index < -0.39 is 0 Å². The zero-order valence-electron chi connectivity index (χ0n) is 18.3. The van der Waals surface area contributed by atoms with Crippen LogP contribution >= 0.6 is 0 Å². The third-order valence-electron chi connectivity index (χ3n) is 6.71. The molecule has 1 N–H and O–H groups in total. The minimum absolute atomic E-state index is 0.0646. The fourth-order valence-corrected chi connectivity index (χ4v) is 4.96. The van der Waals surface area contributed by atoms with Gasteiger partial charge in [0.1, 0.15) is 12.1 Å². The summed E-state index contributed by atoms with van der Waals surface area (Å²) in [4.78, 5) is 26.2. The predicted molar refractivity (Wildman–Crippen MR) is 127 cm³/mol. The first-order valence-corrected chi connectivity index (χ1v) is 11.4. The summed E-state index contributed by atoms with van der Waals surface area (Å²) in [5.74, 6) is 0.316. The van der Waals surface area contributed by atoms with Crippen molar-refractivity contribution < 1.29 is 4.79 Å². The molecule has 0 aliphatic heterocycles. The average molecular weight is 429 g/mol. The highest BCUT2D eigenvalue weighted by atomic mass is 16.2. The number of fused-ring (bicyclic) bond motifs is 3. The Balaban J connectivity index is 1.52. The van der Waals surface area contributed by atoms with E-state index in [2.05, 4.69) is 29.5 Å². The molecule has 1 fully saturated rings. The average Bonchev–Trinajstić information content (AvgIpc) is 3.12. The quantitative estimate of drug-likeness (QED) is 0.520. The minimum Gasteiger partial charge on any atom is -0.351 e. The number of aromatic nitrogens is 3. The van der Waals surface area contributed by atoms with Gasteiger partial charge in [0.2, 0.25) is 5.91 Å². The zero-order chi connectivity index (χ0) is 22.1. The highest BCUT2D eigenvalue weighted by molar-refractivity contribution is 6.07. The number of amides is 1. The zero-order valence-corrected chi connectivity index (χ0v) is 18.3. The first-order valence-electron chi connectivity index (χ1n) is 11.4. The van der Waals surface area contributed by atoms with Crippen LogP contribution in [-0.2, 0) is 17.9 Å². The molecule has 0 unspecified atom stereocenters. The van der Waals surface area contributed by atoms with E-state index in [1.807, 2.05) is 47.0 Å². The number of rotatable bonds is 5. The van der Waals surface area contributed by atoms with E-state index in [9.17, 15) is 9.59 Å². The van der Waals surface area contributed by atoms with Crippen molar-refractivity contribution >= 4 is 27.7 Å². The molecule has 2 aromatic carbocycles. The maximum atomic E-state index is 13.5. The molecule has 5 rings (SSSR count). The van der Waals surface area contributed by atoms with Gasteiger partial charge in [-0.05, 0) is 30.4 Å². The number of hydrogen-bond donors (Lipinski definition) is 1. The Kier molecular flexibility index (Phi) is 5.52. The highest BCUT2D eigenvalue weighted by Gasteiger charge is 2.23. The number of carbonyl (C=O) groups is 1. The minimum atomic E-state index is -0.235. The largest absolute Gasteiger partial charge is 0.351 e. The van der Waals surface area contributed by atoms with Gasteiger partial charge < -0.3 is 9.88 Å². The van der Waals surface area contributed by atoms with Crippen molar-refractivity contribution in [2.75, 3.05) is 0 Å².